The average Bonchev–Trinajstić information content (AvgIpc) is 3.45. The lowest BCUT2D eigenvalue weighted by Crippen LogP contribution is -2.44. The summed E-state index contributed by atoms with van der Waals surface area (Å²) in [5.74, 6) is 1.95. The highest BCUT2D eigenvalue weighted by Gasteiger charge is 2.57. The Hall–Kier alpha value is -2.78. The Morgan fingerprint density at radius 3 is 2.71 bits per heavy atom. The van der Waals surface area contributed by atoms with Crippen LogP contribution in [0.25, 0.3) is 0 Å². The second kappa shape index (κ2) is 11.5. The van der Waals surface area contributed by atoms with Crippen LogP contribution in [0.1, 0.15) is 93.7 Å². The van der Waals surface area contributed by atoms with E-state index in [-0.39, 0.29) is 23.3 Å². The molecule has 0 spiro atoms. The van der Waals surface area contributed by atoms with Crippen molar-refractivity contribution in [2.75, 3.05) is 19.0 Å². The molecule has 1 amide bonds. The van der Waals surface area contributed by atoms with Crippen LogP contribution >= 0.6 is 11.3 Å². The molecule has 3 aliphatic carbocycles. The van der Waals surface area contributed by atoms with Crippen molar-refractivity contribution in [2.24, 2.45) is 34.1 Å². The van der Waals surface area contributed by atoms with Crippen LogP contribution in [0.5, 0.6) is 5.75 Å². The number of ether oxygens (including phenoxy) is 1. The highest BCUT2D eigenvalue weighted by Crippen LogP contribution is 2.63. The third kappa shape index (κ3) is 5.80. The molecule has 8 nitrogen and oxygen atoms in total. The van der Waals surface area contributed by atoms with E-state index in [4.69, 9.17) is 15.3 Å². The van der Waals surface area contributed by atoms with Crippen molar-refractivity contribution in [3.63, 3.8) is 0 Å². The van der Waals surface area contributed by atoms with E-state index in [1.54, 1.807) is 13.3 Å². The lowest BCUT2D eigenvalue weighted by Gasteiger charge is -2.50. The first-order chi connectivity index (χ1) is 19.4. The van der Waals surface area contributed by atoms with Crippen molar-refractivity contribution in [2.45, 2.75) is 90.9 Å². The van der Waals surface area contributed by atoms with Crippen molar-refractivity contribution >= 4 is 34.1 Å². The van der Waals surface area contributed by atoms with E-state index >= 15 is 0 Å². The predicted molar refractivity (Wildman–Crippen MR) is 162 cm³/mol. The topological polar surface area (TPSA) is 116 Å². The highest BCUT2D eigenvalue weighted by atomic mass is 32.1. The van der Waals surface area contributed by atoms with E-state index in [1.807, 2.05) is 6.92 Å². The maximum absolute atomic E-state index is 12.9. The van der Waals surface area contributed by atoms with Gasteiger partial charge in [0.2, 0.25) is 5.91 Å². The Kier molecular flexibility index (Phi) is 8.32. The Balaban J connectivity index is 1.43. The minimum absolute atomic E-state index is 0.0221. The number of nitrogens with one attached hydrogen (secondary N) is 1. The summed E-state index contributed by atoms with van der Waals surface area (Å²) in [5, 5.41) is 8.20. The quantitative estimate of drug-likeness (QED) is 0.232. The van der Waals surface area contributed by atoms with Gasteiger partial charge in [0.1, 0.15) is 12.9 Å². The van der Waals surface area contributed by atoms with E-state index in [1.165, 1.54) is 22.5 Å². The summed E-state index contributed by atoms with van der Waals surface area (Å²) in [4.78, 5) is 35.8. The van der Waals surface area contributed by atoms with Crippen LogP contribution in [-0.2, 0) is 26.3 Å². The molecule has 2 fully saturated rings. The number of rotatable bonds is 7. The number of oxime groups is 1. The number of amides is 1. The lowest BCUT2D eigenvalue weighted by molar-refractivity contribution is -0.132. The normalized spacial score (nSPS) is 28.0. The lowest BCUT2D eigenvalue weighted by atomic mass is 9.53. The van der Waals surface area contributed by atoms with Crippen LogP contribution in [0.15, 0.2) is 23.5 Å². The zero-order valence-electron chi connectivity index (χ0n) is 25.2. The van der Waals surface area contributed by atoms with Crippen LogP contribution in [0, 0.1) is 30.1 Å². The number of hydrogen-bond acceptors (Lipinski definition) is 8. The largest absolute Gasteiger partial charge is 0.425 e. The molecule has 3 unspecified atom stereocenters. The summed E-state index contributed by atoms with van der Waals surface area (Å²) in [6.07, 6.45) is 8.06. The molecule has 41 heavy (non-hydrogen) atoms. The molecule has 0 aliphatic heterocycles. The first kappa shape index (κ1) is 29.7. The number of aromatic nitrogens is 1. The predicted octanol–water partition coefficient (Wildman–Crippen LogP) is 6.12. The molecular formula is C32H44N4O4S. The number of fused-ring (bicyclic) bond motifs is 5. The number of benzene rings is 1. The average molecular weight is 581 g/mol. The first-order valence-electron chi connectivity index (χ1n) is 14.9. The van der Waals surface area contributed by atoms with Crippen LogP contribution in [-0.4, -0.2) is 36.2 Å². The van der Waals surface area contributed by atoms with Gasteiger partial charge in [-0.1, -0.05) is 38.9 Å². The molecule has 1 aromatic heterocycles. The van der Waals surface area contributed by atoms with Gasteiger partial charge in [0.05, 0.1) is 12.3 Å². The Morgan fingerprint density at radius 2 is 2.05 bits per heavy atom. The summed E-state index contributed by atoms with van der Waals surface area (Å²) < 4.78 is 5.73. The second-order valence-corrected chi connectivity index (χ2v) is 14.5. The van der Waals surface area contributed by atoms with Gasteiger partial charge >= 0.3 is 5.97 Å². The molecule has 1 heterocycles. The molecule has 0 bridgehead atoms. The Labute approximate surface area is 247 Å². The van der Waals surface area contributed by atoms with Crippen molar-refractivity contribution in [1.29, 1.82) is 0 Å². The van der Waals surface area contributed by atoms with Gasteiger partial charge in [-0.3, -0.25) is 9.59 Å². The number of thiazole rings is 1. The number of anilines is 1. The molecule has 1 aromatic carbocycles. The number of aryl methyl sites for hydroxylation is 2. The van der Waals surface area contributed by atoms with Gasteiger partial charge in [0.15, 0.2) is 5.13 Å². The second-order valence-electron chi connectivity index (χ2n) is 13.3. The van der Waals surface area contributed by atoms with Crippen molar-refractivity contribution in [3.05, 3.63) is 39.9 Å². The maximum atomic E-state index is 12.9. The van der Waals surface area contributed by atoms with Gasteiger partial charge in [-0.15, -0.1) is 11.3 Å². The third-order valence-corrected chi connectivity index (χ3v) is 10.5. The molecule has 3 aliphatic rings. The molecule has 9 heteroatoms. The van der Waals surface area contributed by atoms with Crippen molar-refractivity contribution in [1.82, 2.24) is 4.98 Å². The molecule has 5 rings (SSSR count). The van der Waals surface area contributed by atoms with Gasteiger partial charge in [0.25, 0.3) is 0 Å². The number of nitrogens with zero attached hydrogens (tertiary/aromatic N) is 2. The summed E-state index contributed by atoms with van der Waals surface area (Å²) in [5.41, 5.74) is 10.2. The molecule has 0 radical (unpaired) electrons. The Bertz CT molecular complexity index is 1350. The van der Waals surface area contributed by atoms with Gasteiger partial charge in [-0.2, -0.15) is 0 Å². The number of hydrogen-bond donors (Lipinski definition) is 2. The van der Waals surface area contributed by atoms with E-state index in [9.17, 15) is 9.59 Å². The van der Waals surface area contributed by atoms with E-state index in [0.29, 0.717) is 41.0 Å². The molecule has 3 N–H and O–H groups in total. The summed E-state index contributed by atoms with van der Waals surface area (Å²) >= 11 is 1.50. The van der Waals surface area contributed by atoms with E-state index < -0.39 is 5.97 Å². The number of carbonyl (C=O) groups excluding carboxylic acids is 2. The van der Waals surface area contributed by atoms with Gasteiger partial charge < -0.3 is 20.6 Å². The van der Waals surface area contributed by atoms with Crippen LogP contribution < -0.4 is 15.8 Å². The Morgan fingerprint density at radius 1 is 1.27 bits per heavy atom. The van der Waals surface area contributed by atoms with E-state index in [0.717, 1.165) is 54.7 Å². The minimum atomic E-state index is -0.412. The third-order valence-electron chi connectivity index (χ3n) is 9.71. The first-order valence-corrected chi connectivity index (χ1v) is 15.7. The monoisotopic (exact) mass is 580 g/mol. The fourth-order valence-electron chi connectivity index (χ4n) is 7.94. The zero-order chi connectivity index (χ0) is 29.5. The molecule has 2 saturated carbocycles. The van der Waals surface area contributed by atoms with Crippen molar-refractivity contribution in [3.8, 4) is 5.75 Å². The van der Waals surface area contributed by atoms with Gasteiger partial charge in [-0.05, 0) is 91.7 Å². The fraction of sp³-hybridized carbons (Fsp3) is 0.625. The molecule has 222 valence electrons. The van der Waals surface area contributed by atoms with Gasteiger partial charge in [0, 0.05) is 28.5 Å². The SMILES string of the molecule is CON=C1C[C@@H](CCC(=O)Nc2ncc(C)s2)C2C3CCc4cc(OC(=O)CN)c(C(C)(C)C)cc4C3CC[C@]12C. The number of nitrogens with two attached hydrogens (primary N) is 1. The zero-order valence-corrected chi connectivity index (χ0v) is 26.0. The van der Waals surface area contributed by atoms with Crippen molar-refractivity contribution < 1.29 is 19.2 Å². The maximum Gasteiger partial charge on any atom is 0.325 e. The smallest absolute Gasteiger partial charge is 0.325 e. The summed E-state index contributed by atoms with van der Waals surface area (Å²) in [7, 11) is 1.63. The minimum Gasteiger partial charge on any atom is -0.425 e. The van der Waals surface area contributed by atoms with Crippen LogP contribution in [0.2, 0.25) is 0 Å². The van der Waals surface area contributed by atoms with Gasteiger partial charge in [-0.25, -0.2) is 4.98 Å². The van der Waals surface area contributed by atoms with Crippen LogP contribution in [0.3, 0.4) is 0 Å². The van der Waals surface area contributed by atoms with E-state index in [2.05, 4.69) is 55.3 Å². The van der Waals surface area contributed by atoms with Crippen LogP contribution in [0.4, 0.5) is 5.13 Å². The molecule has 5 atom stereocenters. The molecule has 0 saturated heterocycles. The molecular weight excluding hydrogens is 536 g/mol. The highest BCUT2D eigenvalue weighted by molar-refractivity contribution is 7.15. The fourth-order valence-corrected chi connectivity index (χ4v) is 8.62. The number of carbonyl (C=O) groups is 2. The molecule has 2 aromatic rings. The summed E-state index contributed by atoms with van der Waals surface area (Å²) in [6.45, 7) is 10.7. The standard InChI is InChI=1S/C32H44N4O4S/c1-18-17-34-30(41-18)35-27(37)10-8-20-14-26(36-39-6)32(5)12-11-21-22(29(20)32)9-7-19-13-25(40-28(38)16-33)24(15-23(19)21)31(2,3)4/h13,15,17,20-22,29H,7-12,14,16,33H2,1-6H3,(H,34,35,37)/t20-,21?,22?,29?,32-/m1/s1. The summed E-state index contributed by atoms with van der Waals surface area (Å²) in [6, 6.07) is 4.41. The number of esters is 1.